The monoisotopic (exact) mass is 253 g/mol. The number of hydrogen-bond donors (Lipinski definition) is 0. The van der Waals surface area contributed by atoms with Crippen LogP contribution >= 0.6 is 0 Å². The van der Waals surface area contributed by atoms with Crippen LogP contribution in [0.25, 0.3) is 0 Å². The number of Topliss-reactive ketones (excluding diaryl/α,β-unsaturated/α-hetero) is 1. The van der Waals surface area contributed by atoms with Crippen LogP contribution in [0, 0.1) is 12.3 Å². The predicted molar refractivity (Wildman–Crippen MR) is 40.1 cm³/mol. The van der Waals surface area contributed by atoms with E-state index in [0.717, 1.165) is 0 Å². The van der Waals surface area contributed by atoms with Crippen molar-refractivity contribution in [3.8, 4) is 0 Å². The maximum absolute atomic E-state index is 12.6. The molecule has 0 aliphatic heterocycles. The van der Waals surface area contributed by atoms with E-state index in [0.29, 0.717) is 0 Å². The minimum absolute atomic E-state index is 0.125. The van der Waals surface area contributed by atoms with Gasteiger partial charge in [-0.3, -0.25) is 4.79 Å². The molecule has 0 spiro atoms. The van der Waals surface area contributed by atoms with Crippen LogP contribution < -0.4 is 0 Å². The van der Waals surface area contributed by atoms with Crippen molar-refractivity contribution >= 4 is 5.78 Å². The molecule has 1 radical (unpaired) electrons. The Morgan fingerprint density at radius 1 is 1.00 bits per heavy atom. The average molecular weight is 253 g/mol. The summed E-state index contributed by atoms with van der Waals surface area (Å²) in [6.45, 7) is 2.39. The highest BCUT2D eigenvalue weighted by Crippen LogP contribution is 2.47. The largest absolute Gasteiger partial charge is 0.460 e. The first-order valence-electron chi connectivity index (χ1n) is 4.05. The van der Waals surface area contributed by atoms with E-state index in [2.05, 4.69) is 0 Å². The van der Waals surface area contributed by atoms with Crippen molar-refractivity contribution in [2.45, 2.75) is 31.9 Å². The number of hydrogen-bond acceptors (Lipinski definition) is 1. The van der Waals surface area contributed by atoms with Gasteiger partial charge in [0.05, 0.1) is 0 Å². The summed E-state index contributed by atoms with van der Waals surface area (Å²) >= 11 is 0. The molecular formula is C8H8F7O. The fourth-order valence-corrected chi connectivity index (χ4v) is 0.740. The maximum atomic E-state index is 12.6. The molecule has 0 aromatic carbocycles. The zero-order valence-corrected chi connectivity index (χ0v) is 8.21. The molecule has 0 fully saturated rings. The smallest absolute Gasteiger partial charge is 0.292 e. The average Bonchev–Trinajstić information content (AvgIpc) is 2.00. The van der Waals surface area contributed by atoms with Crippen molar-refractivity contribution in [2.24, 2.45) is 5.92 Å². The second kappa shape index (κ2) is 4.21. The third-order valence-corrected chi connectivity index (χ3v) is 1.54. The van der Waals surface area contributed by atoms with Gasteiger partial charge in [-0.1, -0.05) is 13.8 Å². The van der Waals surface area contributed by atoms with Crippen molar-refractivity contribution in [3.63, 3.8) is 0 Å². The van der Waals surface area contributed by atoms with Crippen molar-refractivity contribution in [1.29, 1.82) is 0 Å². The molecule has 0 aromatic rings. The van der Waals surface area contributed by atoms with Gasteiger partial charge in [0.2, 0.25) is 5.78 Å². The summed E-state index contributed by atoms with van der Waals surface area (Å²) in [7, 11) is 0. The molecular weight excluding hydrogens is 245 g/mol. The van der Waals surface area contributed by atoms with Crippen LogP contribution in [0.3, 0.4) is 0 Å². The van der Waals surface area contributed by atoms with Crippen molar-refractivity contribution in [1.82, 2.24) is 0 Å². The Bertz CT molecular complexity index is 266. The maximum Gasteiger partial charge on any atom is 0.460 e. The van der Waals surface area contributed by atoms with Gasteiger partial charge in [0.25, 0.3) is 0 Å². The Morgan fingerprint density at radius 2 is 1.38 bits per heavy atom. The summed E-state index contributed by atoms with van der Waals surface area (Å²) in [4.78, 5) is 10.6. The van der Waals surface area contributed by atoms with E-state index in [9.17, 15) is 35.5 Å². The van der Waals surface area contributed by atoms with Crippen LogP contribution in [0.2, 0.25) is 0 Å². The lowest BCUT2D eigenvalue weighted by Gasteiger charge is -2.27. The third-order valence-electron chi connectivity index (χ3n) is 1.54. The molecule has 0 unspecified atom stereocenters. The Hall–Kier alpha value is -0.820. The van der Waals surface area contributed by atoms with E-state index in [1.807, 2.05) is 0 Å². The normalized spacial score (nSPS) is 14.4. The summed E-state index contributed by atoms with van der Waals surface area (Å²) in [5.74, 6) is -15.6. The van der Waals surface area contributed by atoms with Gasteiger partial charge in [-0.15, -0.1) is 0 Å². The fraction of sp³-hybridized carbons (Fsp3) is 0.750. The molecule has 0 aromatic heterocycles. The standard InChI is InChI=1S/C8H8F7O/c1-4(2)3-5(16)6(9,10)7(11,12)8(13,14)15/h3-4H,1-2H3. The number of carbonyl (C=O) groups is 1. The van der Waals surface area contributed by atoms with Crippen molar-refractivity contribution in [2.75, 3.05) is 0 Å². The zero-order valence-electron chi connectivity index (χ0n) is 8.21. The van der Waals surface area contributed by atoms with E-state index in [-0.39, 0.29) is 6.42 Å². The van der Waals surface area contributed by atoms with Gasteiger partial charge in [0, 0.05) is 6.42 Å². The van der Waals surface area contributed by atoms with Crippen LogP contribution in [-0.4, -0.2) is 23.8 Å². The molecule has 0 aliphatic rings. The molecule has 8 heteroatoms. The Kier molecular flexibility index (Phi) is 4.00. The topological polar surface area (TPSA) is 17.1 Å². The van der Waals surface area contributed by atoms with Gasteiger partial charge in [-0.2, -0.15) is 30.7 Å². The van der Waals surface area contributed by atoms with E-state index >= 15 is 0 Å². The van der Waals surface area contributed by atoms with E-state index in [4.69, 9.17) is 0 Å². The van der Waals surface area contributed by atoms with Crippen LogP contribution in [0.4, 0.5) is 30.7 Å². The van der Waals surface area contributed by atoms with Crippen LogP contribution in [0.1, 0.15) is 13.8 Å². The lowest BCUT2D eigenvalue weighted by Crippen LogP contribution is -2.56. The number of halogens is 7. The SMILES string of the molecule is CC(C)[CH]C(=O)C(F)(F)C(F)(F)C(F)(F)F. The molecule has 0 N–H and O–H groups in total. The van der Waals surface area contributed by atoms with Crippen LogP contribution in [-0.2, 0) is 4.79 Å². The van der Waals surface area contributed by atoms with Crippen molar-refractivity contribution in [3.05, 3.63) is 6.42 Å². The molecule has 0 saturated carbocycles. The van der Waals surface area contributed by atoms with Crippen molar-refractivity contribution < 1.29 is 35.5 Å². The highest BCUT2D eigenvalue weighted by molar-refractivity contribution is 5.94. The Labute approximate surface area is 86.6 Å². The lowest BCUT2D eigenvalue weighted by molar-refractivity contribution is -0.343. The molecule has 0 aliphatic carbocycles. The highest BCUT2D eigenvalue weighted by atomic mass is 19.4. The summed E-state index contributed by atoms with van der Waals surface area (Å²) < 4.78 is 84.7. The number of rotatable bonds is 4. The van der Waals surface area contributed by atoms with E-state index in [1.54, 1.807) is 0 Å². The second-order valence-corrected chi connectivity index (χ2v) is 3.42. The summed E-state index contributed by atoms with van der Waals surface area (Å²) in [6.07, 6.45) is -6.35. The predicted octanol–water partition coefficient (Wildman–Crippen LogP) is 3.25. The summed E-state index contributed by atoms with van der Waals surface area (Å²) in [6, 6.07) is 0. The third kappa shape index (κ3) is 2.65. The lowest BCUT2D eigenvalue weighted by atomic mass is 9.98. The quantitative estimate of drug-likeness (QED) is 0.703. The highest BCUT2D eigenvalue weighted by Gasteiger charge is 2.75. The number of carbonyl (C=O) groups excluding carboxylic acids is 1. The first-order valence-corrected chi connectivity index (χ1v) is 4.05. The minimum atomic E-state index is -6.48. The molecule has 0 saturated heterocycles. The minimum Gasteiger partial charge on any atom is -0.292 e. The van der Waals surface area contributed by atoms with Crippen LogP contribution in [0.15, 0.2) is 0 Å². The molecule has 0 rings (SSSR count). The van der Waals surface area contributed by atoms with Gasteiger partial charge in [-0.25, -0.2) is 0 Å². The Balaban J connectivity index is 5.12. The number of alkyl halides is 7. The number of ketones is 1. The van der Waals surface area contributed by atoms with E-state index < -0.39 is 29.7 Å². The zero-order chi connectivity index (χ0) is 13.4. The first kappa shape index (κ1) is 15.2. The van der Waals surface area contributed by atoms with Gasteiger partial charge in [0.1, 0.15) is 0 Å². The Morgan fingerprint density at radius 3 is 1.62 bits per heavy atom. The molecule has 0 bridgehead atoms. The molecule has 1 nitrogen and oxygen atoms in total. The molecule has 95 valence electrons. The van der Waals surface area contributed by atoms with Gasteiger partial charge >= 0.3 is 18.0 Å². The van der Waals surface area contributed by atoms with Gasteiger partial charge in [0.15, 0.2) is 0 Å². The molecule has 16 heavy (non-hydrogen) atoms. The first-order chi connectivity index (χ1) is 6.84. The summed E-state index contributed by atoms with van der Waals surface area (Å²) in [5.41, 5.74) is 0. The fourth-order valence-electron chi connectivity index (χ4n) is 0.740. The molecule has 0 atom stereocenters. The molecule has 0 heterocycles. The van der Waals surface area contributed by atoms with Gasteiger partial charge in [-0.05, 0) is 5.92 Å². The summed E-state index contributed by atoms with van der Waals surface area (Å²) in [5, 5.41) is 0. The van der Waals surface area contributed by atoms with Gasteiger partial charge < -0.3 is 0 Å². The van der Waals surface area contributed by atoms with E-state index in [1.165, 1.54) is 13.8 Å². The second-order valence-electron chi connectivity index (χ2n) is 3.42. The van der Waals surface area contributed by atoms with Crippen LogP contribution in [0.5, 0.6) is 0 Å². The molecule has 0 amide bonds.